The van der Waals surface area contributed by atoms with Gasteiger partial charge in [0, 0.05) is 0 Å². The maximum Gasteiger partial charge on any atom is 0.261 e. The summed E-state index contributed by atoms with van der Waals surface area (Å²) in [6.07, 6.45) is 0. The molecule has 4 N–H and O–H groups in total. The fourth-order valence-corrected chi connectivity index (χ4v) is 2.76. The summed E-state index contributed by atoms with van der Waals surface area (Å²) in [6.45, 7) is 5.83. The van der Waals surface area contributed by atoms with Crippen LogP contribution in [0.5, 0.6) is 5.75 Å². The Kier molecular flexibility index (Phi) is 8.54. The van der Waals surface area contributed by atoms with E-state index in [9.17, 15) is 14.0 Å². The Balaban J connectivity index is 1.98. The number of para-hydroxylation sites is 2. The molecule has 1 unspecified atom stereocenters. The van der Waals surface area contributed by atoms with Crippen LogP contribution in [-0.4, -0.2) is 29.6 Å². The molecule has 0 saturated heterocycles. The summed E-state index contributed by atoms with van der Waals surface area (Å²) in [7, 11) is 0. The molecule has 0 aliphatic carbocycles. The summed E-state index contributed by atoms with van der Waals surface area (Å²) in [5.41, 5.74) is 5.46. The van der Waals surface area contributed by atoms with Gasteiger partial charge in [0.25, 0.3) is 11.8 Å². The number of hydrazine groups is 1. The van der Waals surface area contributed by atoms with E-state index in [-0.39, 0.29) is 16.7 Å². The third-order valence-electron chi connectivity index (χ3n) is 4.09. The average molecular weight is 433 g/mol. The van der Waals surface area contributed by atoms with Crippen LogP contribution >= 0.6 is 12.2 Å². The number of benzene rings is 2. The van der Waals surface area contributed by atoms with E-state index in [4.69, 9.17) is 17.0 Å². The molecule has 7 nitrogen and oxygen atoms in total. The van der Waals surface area contributed by atoms with E-state index in [0.717, 1.165) is 0 Å². The molecular weight excluding hydrogens is 407 g/mol. The molecule has 30 heavy (non-hydrogen) atoms. The number of rotatable bonds is 7. The second-order valence-corrected chi connectivity index (χ2v) is 7.08. The molecule has 0 aliphatic rings. The summed E-state index contributed by atoms with van der Waals surface area (Å²) < 4.78 is 19.2. The minimum Gasteiger partial charge on any atom is -0.493 e. The highest BCUT2D eigenvalue weighted by atomic mass is 32.1. The molecule has 0 saturated carbocycles. The number of anilines is 1. The Morgan fingerprint density at radius 1 is 1.07 bits per heavy atom. The van der Waals surface area contributed by atoms with E-state index in [1.54, 1.807) is 50.2 Å². The Morgan fingerprint density at radius 3 is 2.40 bits per heavy atom. The van der Waals surface area contributed by atoms with Crippen LogP contribution in [0.4, 0.5) is 10.1 Å². The zero-order chi connectivity index (χ0) is 22.1. The lowest BCUT2D eigenvalue weighted by Gasteiger charge is -2.23. The standard InChI is InChI=1S/C21H25FN4O3S/c1-4-29-17-12-8-5-9-14(17)19(27)24-18(13(2)3)20(28)25-26-21(30)23-16-11-7-6-10-15(16)22/h5-13,18H,4H2,1-3H3,(H,24,27)(H,25,28)(H2,23,26,30). The lowest BCUT2D eigenvalue weighted by Crippen LogP contribution is -2.55. The molecule has 2 aromatic carbocycles. The average Bonchev–Trinajstić information content (AvgIpc) is 2.72. The quantitative estimate of drug-likeness (QED) is 0.397. The van der Waals surface area contributed by atoms with E-state index in [2.05, 4.69) is 21.5 Å². The Hall–Kier alpha value is -3.20. The molecule has 2 amide bonds. The van der Waals surface area contributed by atoms with Crippen molar-refractivity contribution in [2.75, 3.05) is 11.9 Å². The molecule has 0 aromatic heterocycles. The van der Waals surface area contributed by atoms with E-state index in [1.807, 2.05) is 6.92 Å². The Morgan fingerprint density at radius 2 is 1.73 bits per heavy atom. The van der Waals surface area contributed by atoms with Crippen LogP contribution < -0.4 is 26.2 Å². The first-order valence-electron chi connectivity index (χ1n) is 9.47. The van der Waals surface area contributed by atoms with E-state index < -0.39 is 23.7 Å². The van der Waals surface area contributed by atoms with Gasteiger partial charge in [-0.05, 0) is 49.3 Å². The number of carbonyl (C=O) groups is 2. The van der Waals surface area contributed by atoms with E-state index in [1.165, 1.54) is 12.1 Å². The molecule has 0 spiro atoms. The van der Waals surface area contributed by atoms with Gasteiger partial charge in [0.05, 0.1) is 17.9 Å². The topological polar surface area (TPSA) is 91.5 Å². The summed E-state index contributed by atoms with van der Waals surface area (Å²) >= 11 is 5.07. The van der Waals surface area contributed by atoms with Crippen molar-refractivity contribution in [3.8, 4) is 5.75 Å². The fraction of sp³-hybridized carbons (Fsp3) is 0.286. The van der Waals surface area contributed by atoms with Gasteiger partial charge in [-0.15, -0.1) is 0 Å². The predicted octanol–water partition coefficient (Wildman–Crippen LogP) is 3.00. The van der Waals surface area contributed by atoms with Crippen molar-refractivity contribution in [2.45, 2.75) is 26.8 Å². The summed E-state index contributed by atoms with van der Waals surface area (Å²) in [5.74, 6) is -1.17. The second-order valence-electron chi connectivity index (χ2n) is 6.67. The third-order valence-corrected chi connectivity index (χ3v) is 4.29. The predicted molar refractivity (Wildman–Crippen MR) is 118 cm³/mol. The lowest BCUT2D eigenvalue weighted by atomic mass is 10.0. The first-order chi connectivity index (χ1) is 14.3. The number of thiocarbonyl (C=S) groups is 1. The Bertz CT molecular complexity index is 907. The zero-order valence-corrected chi connectivity index (χ0v) is 17.8. The molecule has 0 bridgehead atoms. The monoisotopic (exact) mass is 432 g/mol. The van der Waals surface area contributed by atoms with Crippen LogP contribution in [-0.2, 0) is 4.79 Å². The smallest absolute Gasteiger partial charge is 0.261 e. The van der Waals surface area contributed by atoms with Gasteiger partial charge in [-0.2, -0.15) is 0 Å². The molecule has 160 valence electrons. The van der Waals surface area contributed by atoms with Crippen molar-refractivity contribution >= 4 is 34.8 Å². The van der Waals surface area contributed by atoms with Gasteiger partial charge in [0.1, 0.15) is 17.6 Å². The highest BCUT2D eigenvalue weighted by Gasteiger charge is 2.26. The highest BCUT2D eigenvalue weighted by molar-refractivity contribution is 7.80. The fourth-order valence-electron chi connectivity index (χ4n) is 2.60. The first-order valence-corrected chi connectivity index (χ1v) is 9.88. The van der Waals surface area contributed by atoms with Crippen LogP contribution in [0.3, 0.4) is 0 Å². The van der Waals surface area contributed by atoms with Gasteiger partial charge in [-0.3, -0.25) is 20.4 Å². The van der Waals surface area contributed by atoms with Gasteiger partial charge in [-0.25, -0.2) is 4.39 Å². The van der Waals surface area contributed by atoms with Crippen LogP contribution in [0, 0.1) is 11.7 Å². The number of amides is 2. The summed E-state index contributed by atoms with van der Waals surface area (Å²) in [5, 5.41) is 5.37. The zero-order valence-electron chi connectivity index (χ0n) is 17.0. The van der Waals surface area contributed by atoms with Crippen LogP contribution in [0.2, 0.25) is 0 Å². The molecular formula is C21H25FN4O3S. The minimum absolute atomic E-state index is 0.00368. The number of hydrogen-bond donors (Lipinski definition) is 4. The molecule has 1 atom stereocenters. The van der Waals surface area contributed by atoms with Crippen LogP contribution in [0.25, 0.3) is 0 Å². The van der Waals surface area contributed by atoms with Crippen molar-refractivity contribution in [1.29, 1.82) is 0 Å². The Labute approximate surface area is 180 Å². The van der Waals surface area contributed by atoms with E-state index in [0.29, 0.717) is 17.9 Å². The second kappa shape index (κ2) is 11.1. The van der Waals surface area contributed by atoms with Crippen molar-refractivity contribution in [3.05, 3.63) is 59.9 Å². The van der Waals surface area contributed by atoms with Gasteiger partial charge in [0.15, 0.2) is 5.11 Å². The maximum atomic E-state index is 13.7. The largest absolute Gasteiger partial charge is 0.493 e. The summed E-state index contributed by atoms with van der Waals surface area (Å²) in [6, 6.07) is 12.0. The number of ether oxygens (including phenoxy) is 1. The molecule has 2 aromatic rings. The number of halogens is 1. The van der Waals surface area contributed by atoms with Crippen molar-refractivity contribution in [3.63, 3.8) is 0 Å². The SMILES string of the molecule is CCOc1ccccc1C(=O)NC(C(=O)NNC(=S)Nc1ccccc1F)C(C)C. The summed E-state index contributed by atoms with van der Waals surface area (Å²) in [4.78, 5) is 25.3. The van der Waals surface area contributed by atoms with Crippen molar-refractivity contribution < 1.29 is 18.7 Å². The third kappa shape index (κ3) is 6.41. The normalized spacial score (nSPS) is 11.4. The van der Waals surface area contributed by atoms with Crippen molar-refractivity contribution in [1.82, 2.24) is 16.2 Å². The molecule has 0 radical (unpaired) electrons. The van der Waals surface area contributed by atoms with Crippen LogP contribution in [0.1, 0.15) is 31.1 Å². The molecule has 2 rings (SSSR count). The van der Waals surface area contributed by atoms with Crippen molar-refractivity contribution in [2.24, 2.45) is 5.92 Å². The number of nitrogens with one attached hydrogen (secondary N) is 4. The molecule has 0 heterocycles. The molecule has 0 aliphatic heterocycles. The van der Waals surface area contributed by atoms with Gasteiger partial charge >= 0.3 is 0 Å². The van der Waals surface area contributed by atoms with E-state index >= 15 is 0 Å². The first kappa shape index (κ1) is 23.1. The molecule has 0 fully saturated rings. The van der Waals surface area contributed by atoms with Crippen LogP contribution in [0.15, 0.2) is 48.5 Å². The van der Waals surface area contributed by atoms with Gasteiger partial charge in [-0.1, -0.05) is 38.1 Å². The highest BCUT2D eigenvalue weighted by Crippen LogP contribution is 2.18. The minimum atomic E-state index is -0.837. The number of hydrogen-bond acceptors (Lipinski definition) is 4. The van der Waals surface area contributed by atoms with Gasteiger partial charge < -0.3 is 15.4 Å². The number of carbonyl (C=O) groups excluding carboxylic acids is 2. The lowest BCUT2D eigenvalue weighted by molar-refractivity contribution is -0.124. The molecule has 9 heteroatoms. The van der Waals surface area contributed by atoms with Gasteiger partial charge in [0.2, 0.25) is 0 Å². The maximum absolute atomic E-state index is 13.7.